The minimum atomic E-state index is -0.508. The van der Waals surface area contributed by atoms with Crippen LogP contribution in [-0.4, -0.2) is 23.8 Å². The first-order chi connectivity index (χ1) is 8.81. The van der Waals surface area contributed by atoms with Crippen LogP contribution < -0.4 is 10.6 Å². The molecule has 0 spiro atoms. The Labute approximate surface area is 119 Å². The number of amides is 2. The third-order valence-corrected chi connectivity index (χ3v) is 4.12. The molecule has 1 aromatic heterocycles. The summed E-state index contributed by atoms with van der Waals surface area (Å²) >= 11 is 1.74. The van der Waals surface area contributed by atoms with Gasteiger partial charge in [0.2, 0.25) is 0 Å². The first-order valence-electron chi connectivity index (χ1n) is 6.60. The van der Waals surface area contributed by atoms with Gasteiger partial charge in [0.1, 0.15) is 0 Å². The van der Waals surface area contributed by atoms with Gasteiger partial charge in [-0.25, -0.2) is 4.79 Å². The molecule has 0 aliphatic carbocycles. The predicted octanol–water partition coefficient (Wildman–Crippen LogP) is 2.74. The zero-order chi connectivity index (χ0) is 14.6. The van der Waals surface area contributed by atoms with Crippen LogP contribution in [0, 0.1) is 19.8 Å². The second kappa shape index (κ2) is 6.91. The highest BCUT2D eigenvalue weighted by Crippen LogP contribution is 2.25. The van der Waals surface area contributed by atoms with Gasteiger partial charge in [-0.1, -0.05) is 13.8 Å². The number of nitrogens with one attached hydrogen (secondary N) is 2. The van der Waals surface area contributed by atoms with Gasteiger partial charge in [-0.15, -0.1) is 11.3 Å². The lowest BCUT2D eigenvalue weighted by Crippen LogP contribution is -2.41. The molecule has 0 radical (unpaired) electrons. The van der Waals surface area contributed by atoms with Gasteiger partial charge in [0.05, 0.1) is 12.1 Å². The molecular weight excluding hydrogens is 260 g/mol. The van der Waals surface area contributed by atoms with Crippen molar-refractivity contribution in [3.05, 3.63) is 21.4 Å². The van der Waals surface area contributed by atoms with Crippen LogP contribution in [0.15, 0.2) is 6.07 Å². The van der Waals surface area contributed by atoms with Crippen molar-refractivity contribution in [1.29, 1.82) is 0 Å². The van der Waals surface area contributed by atoms with E-state index in [0.717, 1.165) is 5.56 Å². The van der Waals surface area contributed by atoms with Gasteiger partial charge >= 0.3 is 6.03 Å². The number of hydrogen-bond donors (Lipinski definition) is 3. The highest BCUT2D eigenvalue weighted by molar-refractivity contribution is 7.12. The van der Waals surface area contributed by atoms with E-state index in [1.54, 1.807) is 11.3 Å². The van der Waals surface area contributed by atoms with Crippen molar-refractivity contribution in [2.45, 2.75) is 46.8 Å². The standard InChI is InChI=1S/C14H24N2O2S/c1-8(2)13(17)7-15-14(18)16-10(4)12-6-9(3)19-11(12)5/h6,8,10,13,17H,7H2,1-5H3,(H2,15,16,18). The number of aryl methyl sites for hydroxylation is 2. The van der Waals surface area contributed by atoms with Crippen LogP contribution in [0.4, 0.5) is 4.79 Å². The minimum Gasteiger partial charge on any atom is -0.391 e. The van der Waals surface area contributed by atoms with E-state index < -0.39 is 6.10 Å². The monoisotopic (exact) mass is 284 g/mol. The average molecular weight is 284 g/mol. The lowest BCUT2D eigenvalue weighted by Gasteiger charge is -2.18. The van der Waals surface area contributed by atoms with Crippen molar-refractivity contribution in [2.24, 2.45) is 5.92 Å². The van der Waals surface area contributed by atoms with Crippen LogP contribution in [0.25, 0.3) is 0 Å². The fraction of sp³-hybridized carbons (Fsp3) is 0.643. The molecule has 19 heavy (non-hydrogen) atoms. The number of aliphatic hydroxyl groups excluding tert-OH is 1. The summed E-state index contributed by atoms with van der Waals surface area (Å²) in [4.78, 5) is 14.2. The molecular formula is C14H24N2O2S. The zero-order valence-corrected chi connectivity index (χ0v) is 13.1. The summed E-state index contributed by atoms with van der Waals surface area (Å²) in [6.45, 7) is 10.2. The van der Waals surface area contributed by atoms with Gasteiger partial charge in [0.15, 0.2) is 0 Å². The van der Waals surface area contributed by atoms with Crippen molar-refractivity contribution in [3.8, 4) is 0 Å². The van der Waals surface area contributed by atoms with Gasteiger partial charge in [-0.2, -0.15) is 0 Å². The van der Waals surface area contributed by atoms with Crippen molar-refractivity contribution in [2.75, 3.05) is 6.54 Å². The van der Waals surface area contributed by atoms with Crippen LogP contribution in [0.2, 0.25) is 0 Å². The summed E-state index contributed by atoms with van der Waals surface area (Å²) in [6, 6.07) is 1.84. The molecule has 0 aliphatic rings. The normalized spacial score (nSPS) is 14.3. The number of urea groups is 1. The molecule has 0 bridgehead atoms. The highest BCUT2D eigenvalue weighted by atomic mass is 32.1. The maximum atomic E-state index is 11.7. The second-order valence-electron chi connectivity index (χ2n) is 5.26. The van der Waals surface area contributed by atoms with Crippen LogP contribution >= 0.6 is 11.3 Å². The minimum absolute atomic E-state index is 0.0267. The number of rotatable bonds is 5. The summed E-state index contributed by atoms with van der Waals surface area (Å²) in [7, 11) is 0. The van der Waals surface area contributed by atoms with Crippen LogP contribution in [0.1, 0.15) is 42.1 Å². The number of aliphatic hydroxyl groups is 1. The summed E-state index contributed by atoms with van der Waals surface area (Å²) in [5, 5.41) is 15.2. The molecule has 0 saturated carbocycles. The number of carbonyl (C=O) groups excluding carboxylic acids is 1. The van der Waals surface area contributed by atoms with Crippen molar-refractivity contribution >= 4 is 17.4 Å². The highest BCUT2D eigenvalue weighted by Gasteiger charge is 2.15. The Morgan fingerprint density at radius 1 is 1.37 bits per heavy atom. The number of thiophene rings is 1. The molecule has 2 amide bonds. The molecule has 0 fully saturated rings. The lowest BCUT2D eigenvalue weighted by molar-refractivity contribution is 0.124. The van der Waals surface area contributed by atoms with Crippen molar-refractivity contribution in [1.82, 2.24) is 10.6 Å². The Morgan fingerprint density at radius 3 is 2.47 bits per heavy atom. The van der Waals surface area contributed by atoms with Crippen molar-refractivity contribution in [3.63, 3.8) is 0 Å². The molecule has 2 unspecified atom stereocenters. The third kappa shape index (κ3) is 4.84. The summed E-state index contributed by atoms with van der Waals surface area (Å²) in [5.74, 6) is 0.138. The Morgan fingerprint density at radius 2 is 2.00 bits per heavy atom. The molecule has 0 aromatic carbocycles. The first kappa shape index (κ1) is 16.0. The topological polar surface area (TPSA) is 61.4 Å². The molecule has 5 heteroatoms. The van der Waals surface area contributed by atoms with E-state index in [-0.39, 0.29) is 24.5 Å². The first-order valence-corrected chi connectivity index (χ1v) is 7.42. The molecule has 3 N–H and O–H groups in total. The van der Waals surface area contributed by atoms with Gasteiger partial charge in [0, 0.05) is 16.3 Å². The molecule has 4 nitrogen and oxygen atoms in total. The Hall–Kier alpha value is -1.07. The maximum absolute atomic E-state index is 11.7. The second-order valence-corrected chi connectivity index (χ2v) is 6.72. The van der Waals surface area contributed by atoms with E-state index >= 15 is 0 Å². The largest absolute Gasteiger partial charge is 0.391 e. The van der Waals surface area contributed by atoms with E-state index in [1.165, 1.54) is 9.75 Å². The molecule has 1 aromatic rings. The lowest BCUT2D eigenvalue weighted by atomic mass is 10.1. The molecule has 0 aliphatic heterocycles. The Balaban J connectivity index is 2.46. The van der Waals surface area contributed by atoms with Gasteiger partial charge in [0.25, 0.3) is 0 Å². The predicted molar refractivity (Wildman–Crippen MR) is 79.6 cm³/mol. The van der Waals surface area contributed by atoms with Gasteiger partial charge in [-0.05, 0) is 38.3 Å². The number of carbonyl (C=O) groups is 1. The molecule has 1 heterocycles. The van der Waals surface area contributed by atoms with Crippen LogP contribution in [-0.2, 0) is 0 Å². The fourth-order valence-electron chi connectivity index (χ4n) is 1.84. The summed E-state index contributed by atoms with van der Waals surface area (Å²) in [5.41, 5.74) is 1.15. The van der Waals surface area contributed by atoms with E-state index in [1.807, 2.05) is 20.8 Å². The van der Waals surface area contributed by atoms with Gasteiger partial charge in [-0.3, -0.25) is 0 Å². The smallest absolute Gasteiger partial charge is 0.315 e. The Kier molecular flexibility index (Phi) is 5.82. The molecule has 1 rings (SSSR count). The molecule has 108 valence electrons. The van der Waals surface area contributed by atoms with E-state index in [9.17, 15) is 9.90 Å². The van der Waals surface area contributed by atoms with E-state index in [4.69, 9.17) is 0 Å². The Bertz CT molecular complexity index is 429. The molecule has 0 saturated heterocycles. The van der Waals surface area contributed by atoms with Crippen LogP contribution in [0.3, 0.4) is 0 Å². The summed E-state index contributed by atoms with van der Waals surface area (Å²) < 4.78 is 0. The SMILES string of the molecule is Cc1cc(C(C)NC(=O)NCC(O)C(C)C)c(C)s1. The van der Waals surface area contributed by atoms with E-state index in [2.05, 4.69) is 30.5 Å². The average Bonchev–Trinajstić information content (AvgIpc) is 2.65. The van der Waals surface area contributed by atoms with Crippen molar-refractivity contribution < 1.29 is 9.90 Å². The number of hydrogen-bond acceptors (Lipinski definition) is 3. The van der Waals surface area contributed by atoms with Crippen LogP contribution in [0.5, 0.6) is 0 Å². The summed E-state index contributed by atoms with van der Waals surface area (Å²) in [6.07, 6.45) is -0.508. The van der Waals surface area contributed by atoms with Gasteiger partial charge < -0.3 is 15.7 Å². The van der Waals surface area contributed by atoms with E-state index in [0.29, 0.717) is 0 Å². The third-order valence-electron chi connectivity index (χ3n) is 3.13. The molecule has 2 atom stereocenters. The zero-order valence-electron chi connectivity index (χ0n) is 12.3. The quantitative estimate of drug-likeness (QED) is 0.778. The maximum Gasteiger partial charge on any atom is 0.315 e. The fourth-order valence-corrected chi connectivity index (χ4v) is 2.86.